The standard InChI is InChI=1S/C18H26ClNO/c1-3-9-20-13-18(11-17(12-18)7-4-8-17)15-10-14(19)5-6-16(15)21-2/h5-6,10,20H,3-4,7-9,11-13H2,1-2H3. The van der Waals surface area contributed by atoms with Crippen LogP contribution in [0.4, 0.5) is 0 Å². The van der Waals surface area contributed by atoms with Gasteiger partial charge in [-0.3, -0.25) is 0 Å². The van der Waals surface area contributed by atoms with Crippen molar-refractivity contribution < 1.29 is 4.74 Å². The second-order valence-electron chi connectivity index (χ2n) is 7.01. The van der Waals surface area contributed by atoms with Gasteiger partial charge in [0.15, 0.2) is 0 Å². The van der Waals surface area contributed by atoms with Gasteiger partial charge in [0.2, 0.25) is 0 Å². The topological polar surface area (TPSA) is 21.3 Å². The second kappa shape index (κ2) is 5.81. The van der Waals surface area contributed by atoms with Gasteiger partial charge in [0.25, 0.3) is 0 Å². The van der Waals surface area contributed by atoms with Gasteiger partial charge >= 0.3 is 0 Å². The third-order valence-corrected chi connectivity index (χ3v) is 5.70. The molecule has 0 heterocycles. The van der Waals surface area contributed by atoms with Crippen molar-refractivity contribution in [1.29, 1.82) is 0 Å². The third kappa shape index (κ3) is 2.68. The number of ether oxygens (including phenoxy) is 1. The van der Waals surface area contributed by atoms with E-state index in [0.717, 1.165) is 23.9 Å². The summed E-state index contributed by atoms with van der Waals surface area (Å²) in [6, 6.07) is 6.07. The molecule has 0 bridgehead atoms. The number of nitrogens with one attached hydrogen (secondary N) is 1. The van der Waals surface area contributed by atoms with Crippen LogP contribution in [0.25, 0.3) is 0 Å². The lowest BCUT2D eigenvalue weighted by atomic mass is 9.43. The van der Waals surface area contributed by atoms with Crippen LogP contribution < -0.4 is 10.1 Å². The van der Waals surface area contributed by atoms with Crippen LogP contribution in [0, 0.1) is 5.41 Å². The Morgan fingerprint density at radius 2 is 2.05 bits per heavy atom. The van der Waals surface area contributed by atoms with E-state index in [4.69, 9.17) is 16.3 Å². The molecule has 0 atom stereocenters. The minimum Gasteiger partial charge on any atom is -0.496 e. The predicted octanol–water partition coefficient (Wildman–Crippen LogP) is 4.55. The van der Waals surface area contributed by atoms with Crippen LogP contribution in [-0.2, 0) is 5.41 Å². The Balaban J connectivity index is 1.87. The molecule has 2 aliphatic rings. The Kier molecular flexibility index (Phi) is 4.20. The molecule has 2 saturated carbocycles. The molecule has 1 aromatic rings. The molecule has 0 unspecified atom stereocenters. The molecule has 3 rings (SSSR count). The van der Waals surface area contributed by atoms with Crippen LogP contribution in [0.5, 0.6) is 5.75 Å². The number of hydrogen-bond donors (Lipinski definition) is 1. The maximum absolute atomic E-state index is 6.27. The highest BCUT2D eigenvalue weighted by Gasteiger charge is 2.58. The van der Waals surface area contributed by atoms with Crippen LogP contribution in [0.15, 0.2) is 18.2 Å². The summed E-state index contributed by atoms with van der Waals surface area (Å²) in [5, 5.41) is 4.45. The number of benzene rings is 1. The van der Waals surface area contributed by atoms with E-state index in [0.29, 0.717) is 5.41 Å². The van der Waals surface area contributed by atoms with Crippen molar-refractivity contribution >= 4 is 11.6 Å². The van der Waals surface area contributed by atoms with Gasteiger partial charge in [-0.05, 0) is 62.3 Å². The fourth-order valence-corrected chi connectivity index (χ4v) is 4.60. The SMILES string of the molecule is CCCNCC1(c2cc(Cl)ccc2OC)CC2(CCC2)C1. The van der Waals surface area contributed by atoms with Gasteiger partial charge in [0.05, 0.1) is 7.11 Å². The van der Waals surface area contributed by atoms with E-state index >= 15 is 0 Å². The van der Waals surface area contributed by atoms with Gasteiger partial charge in [-0.2, -0.15) is 0 Å². The van der Waals surface area contributed by atoms with Crippen molar-refractivity contribution in [3.63, 3.8) is 0 Å². The summed E-state index contributed by atoms with van der Waals surface area (Å²) in [5.74, 6) is 0.992. The highest BCUT2D eigenvalue weighted by molar-refractivity contribution is 6.30. The summed E-state index contributed by atoms with van der Waals surface area (Å²) in [5.41, 5.74) is 2.14. The first-order chi connectivity index (χ1) is 10.1. The van der Waals surface area contributed by atoms with Crippen molar-refractivity contribution in [2.24, 2.45) is 5.41 Å². The zero-order valence-electron chi connectivity index (χ0n) is 13.2. The van der Waals surface area contributed by atoms with Crippen LogP contribution >= 0.6 is 11.6 Å². The first kappa shape index (κ1) is 15.2. The maximum atomic E-state index is 6.27. The fraction of sp³-hybridized carbons (Fsp3) is 0.667. The summed E-state index contributed by atoms with van der Waals surface area (Å²) < 4.78 is 5.62. The molecule has 2 fully saturated rings. The highest BCUT2D eigenvalue weighted by atomic mass is 35.5. The van der Waals surface area contributed by atoms with Gasteiger partial charge in [-0.15, -0.1) is 0 Å². The molecule has 116 valence electrons. The maximum Gasteiger partial charge on any atom is 0.122 e. The lowest BCUT2D eigenvalue weighted by Crippen LogP contribution is -2.57. The van der Waals surface area contributed by atoms with Crippen LogP contribution in [0.3, 0.4) is 0 Å². The number of rotatable bonds is 6. The summed E-state index contributed by atoms with van der Waals surface area (Å²) in [4.78, 5) is 0. The Labute approximate surface area is 133 Å². The second-order valence-corrected chi connectivity index (χ2v) is 7.45. The van der Waals surface area contributed by atoms with Gasteiger partial charge in [-0.25, -0.2) is 0 Å². The zero-order valence-corrected chi connectivity index (χ0v) is 13.9. The molecule has 1 aromatic carbocycles. The molecule has 2 aliphatic carbocycles. The molecular formula is C18H26ClNO. The van der Waals surface area contributed by atoms with Crippen molar-refractivity contribution in [1.82, 2.24) is 5.32 Å². The average Bonchev–Trinajstić information content (AvgIpc) is 2.40. The summed E-state index contributed by atoms with van der Waals surface area (Å²) >= 11 is 6.27. The molecule has 0 saturated heterocycles. The van der Waals surface area contributed by atoms with Crippen LogP contribution in [0.1, 0.15) is 51.0 Å². The fourth-order valence-electron chi connectivity index (χ4n) is 4.42. The lowest BCUT2D eigenvalue weighted by Gasteiger charge is -2.62. The van der Waals surface area contributed by atoms with Gasteiger partial charge in [0, 0.05) is 22.5 Å². The predicted molar refractivity (Wildman–Crippen MR) is 88.4 cm³/mol. The third-order valence-electron chi connectivity index (χ3n) is 5.46. The molecule has 0 aromatic heterocycles. The average molecular weight is 308 g/mol. The highest BCUT2D eigenvalue weighted by Crippen LogP contribution is 2.65. The minimum atomic E-state index is 0.214. The van der Waals surface area contributed by atoms with E-state index in [1.54, 1.807) is 7.11 Å². The van der Waals surface area contributed by atoms with E-state index < -0.39 is 0 Å². The molecule has 1 spiro atoms. The Bertz CT molecular complexity index is 502. The monoisotopic (exact) mass is 307 g/mol. The van der Waals surface area contributed by atoms with Gasteiger partial charge in [-0.1, -0.05) is 24.9 Å². The van der Waals surface area contributed by atoms with Crippen LogP contribution in [0.2, 0.25) is 5.02 Å². The lowest BCUT2D eigenvalue weighted by molar-refractivity contribution is -0.0489. The number of hydrogen-bond acceptors (Lipinski definition) is 2. The Morgan fingerprint density at radius 1 is 1.29 bits per heavy atom. The molecule has 1 N–H and O–H groups in total. The van der Waals surface area contributed by atoms with E-state index in [1.165, 1.54) is 44.1 Å². The Hall–Kier alpha value is -0.730. The van der Waals surface area contributed by atoms with E-state index in [2.05, 4.69) is 18.3 Å². The molecule has 0 radical (unpaired) electrons. The normalized spacial score (nSPS) is 21.7. The molecular weight excluding hydrogens is 282 g/mol. The smallest absolute Gasteiger partial charge is 0.122 e. The first-order valence-corrected chi connectivity index (χ1v) is 8.56. The van der Waals surface area contributed by atoms with E-state index in [9.17, 15) is 0 Å². The van der Waals surface area contributed by atoms with Crippen molar-refractivity contribution in [2.75, 3.05) is 20.2 Å². The van der Waals surface area contributed by atoms with Crippen molar-refractivity contribution in [3.05, 3.63) is 28.8 Å². The first-order valence-electron chi connectivity index (χ1n) is 8.18. The summed E-state index contributed by atoms with van der Waals surface area (Å²) in [7, 11) is 1.76. The molecule has 0 aliphatic heterocycles. The quantitative estimate of drug-likeness (QED) is 0.778. The number of halogens is 1. The summed E-state index contributed by atoms with van der Waals surface area (Å²) in [6.45, 7) is 4.34. The molecule has 2 nitrogen and oxygen atoms in total. The van der Waals surface area contributed by atoms with Gasteiger partial charge < -0.3 is 10.1 Å². The van der Waals surface area contributed by atoms with E-state index in [-0.39, 0.29) is 5.41 Å². The number of methoxy groups -OCH3 is 1. The zero-order chi connectivity index (χ0) is 14.9. The molecule has 3 heteroatoms. The molecule has 0 amide bonds. The van der Waals surface area contributed by atoms with Crippen LogP contribution in [-0.4, -0.2) is 20.2 Å². The largest absolute Gasteiger partial charge is 0.496 e. The van der Waals surface area contributed by atoms with Gasteiger partial charge in [0.1, 0.15) is 5.75 Å². The van der Waals surface area contributed by atoms with Crippen molar-refractivity contribution in [2.45, 2.75) is 50.9 Å². The van der Waals surface area contributed by atoms with Crippen molar-refractivity contribution in [3.8, 4) is 5.75 Å². The van der Waals surface area contributed by atoms with E-state index in [1.807, 2.05) is 12.1 Å². The summed E-state index contributed by atoms with van der Waals surface area (Å²) in [6.07, 6.45) is 7.97. The molecule has 21 heavy (non-hydrogen) atoms. The minimum absolute atomic E-state index is 0.214. The Morgan fingerprint density at radius 3 is 2.62 bits per heavy atom.